The van der Waals surface area contributed by atoms with Gasteiger partial charge in [0.15, 0.2) is 10.6 Å². The lowest BCUT2D eigenvalue weighted by Gasteiger charge is -2.22. The monoisotopic (exact) mass is 441 g/mol. The van der Waals surface area contributed by atoms with Gasteiger partial charge in [-0.15, -0.1) is 4.91 Å². The van der Waals surface area contributed by atoms with Gasteiger partial charge in [0.25, 0.3) is 0 Å². The van der Waals surface area contributed by atoms with Gasteiger partial charge in [-0.1, -0.05) is 20.8 Å². The number of aromatic nitrogens is 3. The molecule has 0 amide bonds. The fourth-order valence-corrected chi connectivity index (χ4v) is 3.84. The number of nitroso groups, excluding NO2 is 1. The van der Waals surface area contributed by atoms with Gasteiger partial charge < -0.3 is 14.7 Å². The van der Waals surface area contributed by atoms with Gasteiger partial charge in [-0.25, -0.2) is 0 Å². The Labute approximate surface area is 186 Å². The Bertz CT molecular complexity index is 1150. The maximum absolute atomic E-state index is 11.5. The molecule has 0 radical (unpaired) electrons. The molecule has 0 spiro atoms. The highest BCUT2D eigenvalue weighted by atomic mass is 32.1. The zero-order chi connectivity index (χ0) is 22.7. The Morgan fingerprint density at radius 3 is 2.68 bits per heavy atom. The van der Waals surface area contributed by atoms with E-state index in [1.807, 2.05) is 39.1 Å². The lowest BCUT2D eigenvalue weighted by molar-refractivity contribution is 0.415. The molecule has 1 aromatic heterocycles. The smallest absolute Gasteiger partial charge is 0.200 e. The van der Waals surface area contributed by atoms with Crippen LogP contribution in [0, 0.1) is 9.68 Å². The highest BCUT2D eigenvalue weighted by Gasteiger charge is 2.20. The number of rotatable bonds is 8. The highest BCUT2D eigenvalue weighted by molar-refractivity contribution is 7.71. The van der Waals surface area contributed by atoms with E-state index in [-0.39, 0.29) is 17.4 Å². The molecule has 0 aliphatic rings. The van der Waals surface area contributed by atoms with Gasteiger partial charge in [0.2, 0.25) is 0 Å². The topological polar surface area (TPSA) is 95.7 Å². The van der Waals surface area contributed by atoms with Crippen LogP contribution in [-0.2, 0) is 0 Å². The third-order valence-corrected chi connectivity index (χ3v) is 5.44. The third kappa shape index (κ3) is 4.32. The summed E-state index contributed by atoms with van der Waals surface area (Å²) in [6.07, 6.45) is 0.986. The molecule has 0 aliphatic carbocycles. The lowest BCUT2D eigenvalue weighted by atomic mass is 9.98. The van der Waals surface area contributed by atoms with Crippen molar-refractivity contribution in [1.82, 2.24) is 14.8 Å². The molecule has 31 heavy (non-hydrogen) atoms. The molecule has 3 aromatic rings. The van der Waals surface area contributed by atoms with Crippen LogP contribution in [0.1, 0.15) is 38.7 Å². The molecule has 0 fully saturated rings. The van der Waals surface area contributed by atoms with Crippen LogP contribution in [0.15, 0.2) is 35.5 Å². The second-order valence-corrected chi connectivity index (χ2v) is 8.03. The lowest BCUT2D eigenvalue weighted by Crippen LogP contribution is -2.18. The first-order valence-electron chi connectivity index (χ1n) is 10.1. The van der Waals surface area contributed by atoms with Gasteiger partial charge in [0, 0.05) is 25.2 Å². The third-order valence-electron chi connectivity index (χ3n) is 5.17. The minimum atomic E-state index is 0.0296. The Morgan fingerprint density at radius 1 is 1.32 bits per heavy atom. The van der Waals surface area contributed by atoms with Crippen molar-refractivity contribution in [2.24, 2.45) is 5.18 Å². The van der Waals surface area contributed by atoms with Crippen LogP contribution >= 0.6 is 12.2 Å². The summed E-state index contributed by atoms with van der Waals surface area (Å²) in [5.41, 5.74) is 2.96. The van der Waals surface area contributed by atoms with E-state index in [1.165, 1.54) is 6.07 Å². The number of anilines is 1. The summed E-state index contributed by atoms with van der Waals surface area (Å²) in [6.45, 7) is 6.90. The number of ether oxygens (including phenoxy) is 1. The van der Waals surface area contributed by atoms with Crippen LogP contribution in [0.4, 0.5) is 11.4 Å². The number of nitrogens with zero attached hydrogens (tertiary/aromatic N) is 4. The predicted octanol–water partition coefficient (Wildman–Crippen LogP) is 5.68. The van der Waals surface area contributed by atoms with Gasteiger partial charge in [-0.3, -0.25) is 9.67 Å². The number of methoxy groups -OCH3 is 1. The first-order chi connectivity index (χ1) is 14.8. The first kappa shape index (κ1) is 22.5. The first-order valence-corrected chi connectivity index (χ1v) is 10.5. The molecule has 0 bridgehead atoms. The van der Waals surface area contributed by atoms with Gasteiger partial charge >= 0.3 is 0 Å². The van der Waals surface area contributed by atoms with Gasteiger partial charge in [0.1, 0.15) is 17.2 Å². The minimum absolute atomic E-state index is 0.0296. The number of H-pyrrole nitrogens is 1. The summed E-state index contributed by atoms with van der Waals surface area (Å²) in [5, 5.41) is 20.6. The van der Waals surface area contributed by atoms with Crippen molar-refractivity contribution < 1.29 is 9.84 Å². The predicted molar refractivity (Wildman–Crippen MR) is 126 cm³/mol. The Morgan fingerprint density at radius 2 is 2.06 bits per heavy atom. The van der Waals surface area contributed by atoms with Crippen LogP contribution in [-0.4, -0.2) is 40.6 Å². The number of hydrogen-bond acceptors (Lipinski definition) is 7. The Balaban J connectivity index is 2.24. The largest absolute Gasteiger partial charge is 0.508 e. The van der Waals surface area contributed by atoms with E-state index in [9.17, 15) is 10.0 Å². The molecule has 9 heteroatoms. The van der Waals surface area contributed by atoms with Gasteiger partial charge in [-0.05, 0) is 59.6 Å². The fraction of sp³-hybridized carbons (Fsp3) is 0.364. The summed E-state index contributed by atoms with van der Waals surface area (Å²) in [5.74, 6) is 1.26. The Hall–Kier alpha value is -3.20. The SMILES string of the molecule is CCCN(C)c1cc(-n2c(-c3cc(C(C)C)c(O)cc3N=O)n[nH]c2=S)ccc1OC. The number of phenolic OH excluding ortho intramolecular Hbond substituents is 1. The zero-order valence-electron chi connectivity index (χ0n) is 18.3. The number of phenols is 1. The molecule has 1 heterocycles. The number of nitrogens with one attached hydrogen (secondary N) is 1. The molecule has 8 nitrogen and oxygen atoms in total. The summed E-state index contributed by atoms with van der Waals surface area (Å²) in [6, 6.07) is 8.85. The standard InChI is InChI=1S/C22H27N5O3S/c1-6-9-26(4)18-10-14(7-8-20(18)30-5)27-21(23-24-22(27)31)16-11-15(13(2)3)19(28)12-17(16)25-29/h7-8,10-13,28H,6,9H2,1-5H3,(H,24,31). The van der Waals surface area contributed by atoms with E-state index in [0.717, 1.165) is 30.1 Å². The average molecular weight is 442 g/mol. The van der Waals surface area contributed by atoms with Crippen LogP contribution in [0.5, 0.6) is 11.5 Å². The molecular weight excluding hydrogens is 414 g/mol. The number of hydrogen-bond donors (Lipinski definition) is 2. The number of aromatic hydroxyl groups is 1. The molecule has 2 aromatic carbocycles. The van der Waals surface area contributed by atoms with Crippen molar-refractivity contribution in [1.29, 1.82) is 0 Å². The van der Waals surface area contributed by atoms with Gasteiger partial charge in [-0.2, -0.15) is 5.10 Å². The zero-order valence-corrected chi connectivity index (χ0v) is 19.2. The molecule has 3 rings (SSSR count). The molecule has 0 saturated heterocycles. The average Bonchev–Trinajstić information content (AvgIpc) is 3.13. The van der Waals surface area contributed by atoms with Crippen molar-refractivity contribution in [3.05, 3.63) is 45.6 Å². The molecule has 2 N–H and O–H groups in total. The fourth-order valence-electron chi connectivity index (χ4n) is 3.60. The van der Waals surface area contributed by atoms with Crippen molar-refractivity contribution in [2.45, 2.75) is 33.1 Å². The van der Waals surface area contributed by atoms with Crippen molar-refractivity contribution in [3.8, 4) is 28.6 Å². The van der Waals surface area contributed by atoms with Crippen LogP contribution in [0.2, 0.25) is 0 Å². The quantitative estimate of drug-likeness (QED) is 0.345. The molecule has 0 atom stereocenters. The van der Waals surface area contributed by atoms with Crippen molar-refractivity contribution >= 4 is 23.6 Å². The van der Waals surface area contributed by atoms with E-state index < -0.39 is 0 Å². The second-order valence-electron chi connectivity index (χ2n) is 7.64. The van der Waals surface area contributed by atoms with Crippen LogP contribution in [0.25, 0.3) is 17.1 Å². The molecular formula is C22H27N5O3S. The maximum Gasteiger partial charge on any atom is 0.200 e. The molecule has 0 unspecified atom stereocenters. The van der Waals surface area contributed by atoms with Crippen molar-refractivity contribution in [3.63, 3.8) is 0 Å². The number of benzene rings is 2. The van der Waals surface area contributed by atoms with E-state index in [1.54, 1.807) is 17.7 Å². The summed E-state index contributed by atoms with van der Waals surface area (Å²) in [7, 11) is 3.64. The Kier molecular flexibility index (Phi) is 6.74. The van der Waals surface area contributed by atoms with E-state index in [4.69, 9.17) is 17.0 Å². The summed E-state index contributed by atoms with van der Waals surface area (Å²) < 4.78 is 7.67. The van der Waals surface area contributed by atoms with Crippen LogP contribution in [0.3, 0.4) is 0 Å². The van der Waals surface area contributed by atoms with Crippen molar-refractivity contribution in [2.75, 3.05) is 25.6 Å². The second kappa shape index (κ2) is 9.30. The maximum atomic E-state index is 11.5. The van der Waals surface area contributed by atoms with Gasteiger partial charge in [0.05, 0.1) is 18.5 Å². The normalized spacial score (nSPS) is 11.0. The molecule has 0 aliphatic heterocycles. The van der Waals surface area contributed by atoms with E-state index in [2.05, 4.69) is 27.2 Å². The van der Waals surface area contributed by atoms with E-state index in [0.29, 0.717) is 21.7 Å². The van der Waals surface area contributed by atoms with Crippen LogP contribution < -0.4 is 9.64 Å². The molecule has 164 valence electrons. The summed E-state index contributed by atoms with van der Waals surface area (Å²) >= 11 is 5.51. The summed E-state index contributed by atoms with van der Waals surface area (Å²) in [4.78, 5) is 13.6. The highest BCUT2D eigenvalue weighted by Crippen LogP contribution is 2.39. The van der Waals surface area contributed by atoms with E-state index >= 15 is 0 Å². The molecule has 0 saturated carbocycles. The number of aromatic amines is 1. The minimum Gasteiger partial charge on any atom is -0.508 e.